The highest BCUT2D eigenvalue weighted by atomic mass is 15.1. The topological polar surface area (TPSA) is 8.17 Å². The molecule has 8 aromatic carbocycles. The quantitative estimate of drug-likeness (QED) is 0.182. The van der Waals surface area contributed by atoms with E-state index in [1.165, 1.54) is 65.3 Å². The molecule has 0 radical (unpaired) electrons. The van der Waals surface area contributed by atoms with E-state index in [4.69, 9.17) is 0 Å². The van der Waals surface area contributed by atoms with Gasteiger partial charge in [-0.3, -0.25) is 0 Å². The lowest BCUT2D eigenvalue weighted by molar-refractivity contribution is 0.827. The fourth-order valence-electron chi connectivity index (χ4n) is 7.50. The molecule has 0 aliphatic heterocycles. The second-order valence-electron chi connectivity index (χ2n) is 12.0. The van der Waals surface area contributed by atoms with Crippen LogP contribution in [0.15, 0.2) is 164 Å². The zero-order valence-corrected chi connectivity index (χ0v) is 25.7. The molecule has 0 saturated heterocycles. The summed E-state index contributed by atoms with van der Waals surface area (Å²) in [6.07, 6.45) is 0. The molecule has 0 atom stereocenters. The number of aromatic nitrogens is 1. The minimum atomic E-state index is 0.937. The third kappa shape index (κ3) is 4.04. The first-order valence-electron chi connectivity index (χ1n) is 16.1. The minimum absolute atomic E-state index is 0.937. The van der Waals surface area contributed by atoms with Crippen molar-refractivity contribution in [1.29, 1.82) is 0 Å². The summed E-state index contributed by atoms with van der Waals surface area (Å²) in [6, 6.07) is 59.7. The Labute approximate surface area is 268 Å². The first-order chi connectivity index (χ1) is 22.8. The normalized spacial score (nSPS) is 11.7. The van der Waals surface area contributed by atoms with E-state index >= 15 is 0 Å². The molecule has 1 aromatic heterocycles. The molecule has 0 bridgehead atoms. The summed E-state index contributed by atoms with van der Waals surface area (Å²) in [5, 5.41) is 10.4. The van der Waals surface area contributed by atoms with E-state index in [0.717, 1.165) is 23.6 Å². The van der Waals surface area contributed by atoms with Crippen molar-refractivity contribution in [3.8, 4) is 11.1 Å². The van der Waals surface area contributed by atoms with Crippen molar-refractivity contribution in [2.75, 3.05) is 4.90 Å². The van der Waals surface area contributed by atoms with Gasteiger partial charge >= 0.3 is 0 Å². The largest absolute Gasteiger partial charge is 0.341 e. The highest BCUT2D eigenvalue weighted by Crippen LogP contribution is 2.44. The van der Waals surface area contributed by atoms with Gasteiger partial charge in [0.15, 0.2) is 0 Å². The maximum absolute atomic E-state index is 2.45. The minimum Gasteiger partial charge on any atom is -0.341 e. The zero-order valence-electron chi connectivity index (χ0n) is 25.7. The smallest absolute Gasteiger partial charge is 0.0540 e. The van der Waals surface area contributed by atoms with Crippen LogP contribution in [0, 0.1) is 0 Å². The Balaban J connectivity index is 1.32. The first kappa shape index (κ1) is 26.5. The molecule has 0 unspecified atom stereocenters. The third-order valence-corrected chi connectivity index (χ3v) is 9.53. The van der Waals surface area contributed by atoms with Gasteiger partial charge in [0.05, 0.1) is 5.69 Å². The molecule has 1 heterocycles. The molecule has 46 heavy (non-hydrogen) atoms. The number of benzene rings is 8. The fraction of sp³-hybridized carbons (Fsp3) is 0.0455. The molecule has 0 fully saturated rings. The number of fused-ring (bicyclic) bond motifs is 9. The lowest BCUT2D eigenvalue weighted by atomic mass is 9.90. The number of para-hydroxylation sites is 4. The van der Waals surface area contributed by atoms with Crippen molar-refractivity contribution in [3.05, 3.63) is 164 Å². The van der Waals surface area contributed by atoms with E-state index in [-0.39, 0.29) is 0 Å². The van der Waals surface area contributed by atoms with Crippen LogP contribution in [0.5, 0.6) is 0 Å². The predicted octanol–water partition coefficient (Wildman–Crippen LogP) is 12.4. The summed E-state index contributed by atoms with van der Waals surface area (Å²) in [7, 11) is 0. The van der Waals surface area contributed by atoms with Crippen LogP contribution in [0.2, 0.25) is 0 Å². The van der Waals surface area contributed by atoms with Gasteiger partial charge in [-0.1, -0.05) is 109 Å². The van der Waals surface area contributed by atoms with Crippen LogP contribution in [0.25, 0.3) is 65.3 Å². The van der Waals surface area contributed by atoms with Crippen molar-refractivity contribution < 1.29 is 0 Å². The SMILES string of the molecule is CCn1c2ccccc2c2cc3c4ccc(-c5ccccc5N(c5ccccc5)c5ccccc5)cc4c4ccccc4c3cc21. The third-order valence-electron chi connectivity index (χ3n) is 9.53. The van der Waals surface area contributed by atoms with Gasteiger partial charge in [0.2, 0.25) is 0 Å². The Bertz CT molecular complexity index is 2520. The average molecular weight is 589 g/mol. The molecule has 9 rings (SSSR count). The van der Waals surface area contributed by atoms with Crippen LogP contribution in [0.3, 0.4) is 0 Å². The molecule has 0 N–H and O–H groups in total. The van der Waals surface area contributed by atoms with E-state index in [1.807, 2.05) is 0 Å². The highest BCUT2D eigenvalue weighted by molar-refractivity contribution is 6.29. The van der Waals surface area contributed by atoms with Gasteiger partial charge in [0, 0.05) is 45.3 Å². The number of rotatable bonds is 5. The van der Waals surface area contributed by atoms with Crippen molar-refractivity contribution in [3.63, 3.8) is 0 Å². The van der Waals surface area contributed by atoms with Crippen LogP contribution >= 0.6 is 0 Å². The zero-order chi connectivity index (χ0) is 30.6. The Morgan fingerprint density at radius 1 is 0.413 bits per heavy atom. The number of hydrogen-bond donors (Lipinski definition) is 0. The Morgan fingerprint density at radius 3 is 1.65 bits per heavy atom. The molecule has 0 aliphatic rings. The summed E-state index contributed by atoms with van der Waals surface area (Å²) < 4.78 is 2.45. The summed E-state index contributed by atoms with van der Waals surface area (Å²) in [5.74, 6) is 0. The second kappa shape index (κ2) is 10.6. The fourth-order valence-corrected chi connectivity index (χ4v) is 7.50. The molecule has 0 spiro atoms. The molecular formula is C44H32N2. The monoisotopic (exact) mass is 588 g/mol. The maximum Gasteiger partial charge on any atom is 0.0540 e. The molecular weight excluding hydrogens is 556 g/mol. The van der Waals surface area contributed by atoms with E-state index in [9.17, 15) is 0 Å². The van der Waals surface area contributed by atoms with Gasteiger partial charge < -0.3 is 9.47 Å². The summed E-state index contributed by atoms with van der Waals surface area (Å²) in [6.45, 7) is 3.18. The standard InChI is InChI=1S/C44H32N2/c1-2-45-42-23-13-12-22-37(42)41-28-39-36-26-25-30(27-38(36)34-20-9-10-21-35(34)40(39)29-44(41)45)33-19-11-14-24-43(33)46(31-15-5-3-6-16-31)32-17-7-4-8-18-32/h3-29H,2H2,1H3. The summed E-state index contributed by atoms with van der Waals surface area (Å²) >= 11 is 0. The van der Waals surface area contributed by atoms with Crippen molar-refractivity contribution in [1.82, 2.24) is 4.57 Å². The number of hydrogen-bond acceptors (Lipinski definition) is 1. The molecule has 0 aliphatic carbocycles. The van der Waals surface area contributed by atoms with Crippen LogP contribution in [0.1, 0.15) is 6.92 Å². The number of nitrogens with zero attached hydrogens (tertiary/aromatic N) is 2. The summed E-state index contributed by atoms with van der Waals surface area (Å²) in [4.78, 5) is 2.36. The Kier molecular flexibility index (Phi) is 6.14. The second-order valence-corrected chi connectivity index (χ2v) is 12.0. The predicted molar refractivity (Wildman–Crippen MR) is 198 cm³/mol. The Hall–Kier alpha value is -5.86. The van der Waals surface area contributed by atoms with Crippen LogP contribution < -0.4 is 4.90 Å². The van der Waals surface area contributed by atoms with Gasteiger partial charge in [0.25, 0.3) is 0 Å². The highest BCUT2D eigenvalue weighted by Gasteiger charge is 2.19. The first-order valence-corrected chi connectivity index (χ1v) is 16.1. The van der Waals surface area contributed by atoms with E-state index in [0.29, 0.717) is 0 Å². The van der Waals surface area contributed by atoms with Crippen LogP contribution in [-0.4, -0.2) is 4.57 Å². The average Bonchev–Trinajstić information content (AvgIpc) is 3.44. The van der Waals surface area contributed by atoms with Crippen molar-refractivity contribution >= 4 is 71.2 Å². The Morgan fingerprint density at radius 2 is 0.957 bits per heavy atom. The van der Waals surface area contributed by atoms with E-state index in [1.54, 1.807) is 0 Å². The molecule has 218 valence electrons. The number of anilines is 3. The van der Waals surface area contributed by atoms with Gasteiger partial charge in [-0.05, 0) is 99.4 Å². The molecule has 2 nitrogen and oxygen atoms in total. The van der Waals surface area contributed by atoms with Crippen molar-refractivity contribution in [2.45, 2.75) is 13.5 Å². The van der Waals surface area contributed by atoms with Crippen LogP contribution in [-0.2, 0) is 6.54 Å². The lowest BCUT2D eigenvalue weighted by Gasteiger charge is -2.28. The van der Waals surface area contributed by atoms with Crippen LogP contribution in [0.4, 0.5) is 17.1 Å². The van der Waals surface area contributed by atoms with Gasteiger partial charge in [-0.15, -0.1) is 0 Å². The lowest BCUT2D eigenvalue weighted by Crippen LogP contribution is -2.10. The summed E-state index contributed by atoms with van der Waals surface area (Å²) in [5.41, 5.74) is 8.41. The molecule has 0 amide bonds. The van der Waals surface area contributed by atoms with Gasteiger partial charge in [-0.25, -0.2) is 0 Å². The molecule has 0 saturated carbocycles. The van der Waals surface area contributed by atoms with Crippen molar-refractivity contribution in [2.24, 2.45) is 0 Å². The van der Waals surface area contributed by atoms with Gasteiger partial charge in [0.1, 0.15) is 0 Å². The van der Waals surface area contributed by atoms with E-state index in [2.05, 4.69) is 180 Å². The molecule has 9 aromatic rings. The number of aryl methyl sites for hydroxylation is 1. The van der Waals surface area contributed by atoms with E-state index < -0.39 is 0 Å². The maximum atomic E-state index is 2.45. The van der Waals surface area contributed by atoms with Gasteiger partial charge in [-0.2, -0.15) is 0 Å². The molecule has 2 heteroatoms.